The van der Waals surface area contributed by atoms with Gasteiger partial charge in [0.2, 0.25) is 0 Å². The molecule has 0 fully saturated rings. The van der Waals surface area contributed by atoms with E-state index in [1.807, 2.05) is 13.8 Å². The molecule has 3 rings (SSSR count). The van der Waals surface area contributed by atoms with Gasteiger partial charge in [0.05, 0.1) is 29.3 Å². The summed E-state index contributed by atoms with van der Waals surface area (Å²) in [6, 6.07) is 6.25. The Morgan fingerprint density at radius 1 is 1.27 bits per heavy atom. The van der Waals surface area contributed by atoms with Crippen molar-refractivity contribution in [2.45, 2.75) is 46.7 Å². The quantitative estimate of drug-likeness (QED) is 0.801. The second-order valence-corrected chi connectivity index (χ2v) is 5.87. The third-order valence-corrected chi connectivity index (χ3v) is 4.20. The molecule has 0 radical (unpaired) electrons. The fraction of sp³-hybridized carbons (Fsp3) is 0.412. The van der Waals surface area contributed by atoms with Crippen LogP contribution >= 0.6 is 0 Å². The van der Waals surface area contributed by atoms with Crippen molar-refractivity contribution in [3.63, 3.8) is 0 Å². The number of fused-ring (bicyclic) bond motifs is 1. The van der Waals surface area contributed by atoms with Gasteiger partial charge in [-0.05, 0) is 44.9 Å². The average Bonchev–Trinajstić information content (AvgIpc) is 3.01. The number of rotatable bonds is 4. The van der Waals surface area contributed by atoms with E-state index in [4.69, 9.17) is 15.2 Å². The molecule has 0 spiro atoms. The zero-order chi connectivity index (χ0) is 15.9. The van der Waals surface area contributed by atoms with Crippen LogP contribution in [0.1, 0.15) is 47.8 Å². The minimum absolute atomic E-state index is 0.0758. The Labute approximate surface area is 130 Å². The Kier molecular flexibility index (Phi) is 3.74. The van der Waals surface area contributed by atoms with Gasteiger partial charge in [-0.25, -0.2) is 4.98 Å². The van der Waals surface area contributed by atoms with Gasteiger partial charge in [0, 0.05) is 5.56 Å². The average molecular weight is 298 g/mol. The molecule has 116 valence electrons. The van der Waals surface area contributed by atoms with E-state index in [0.717, 1.165) is 40.3 Å². The number of aromatic nitrogens is 3. The molecular formula is C17H22N4O. The summed E-state index contributed by atoms with van der Waals surface area (Å²) in [4.78, 5) is 4.77. The number of benzene rings is 1. The minimum atomic E-state index is -0.0758. The summed E-state index contributed by atoms with van der Waals surface area (Å²) in [5.41, 5.74) is 11.6. The summed E-state index contributed by atoms with van der Waals surface area (Å²) in [5.74, 6) is 1.77. The van der Waals surface area contributed by atoms with E-state index in [1.165, 1.54) is 5.56 Å². The molecule has 2 aromatic heterocycles. The number of nitrogens with zero attached hydrogens (tertiary/aromatic N) is 3. The molecule has 0 aliphatic carbocycles. The highest BCUT2D eigenvalue weighted by molar-refractivity contribution is 5.77. The SMILES string of the molecule is CCC(N)c1nc2cc(C)ccc2n1Cc1c(C)noc1C. The second-order valence-electron chi connectivity index (χ2n) is 5.87. The molecule has 5 nitrogen and oxygen atoms in total. The highest BCUT2D eigenvalue weighted by Gasteiger charge is 2.19. The topological polar surface area (TPSA) is 69.9 Å². The molecule has 5 heteroatoms. The first-order valence-electron chi connectivity index (χ1n) is 7.65. The van der Waals surface area contributed by atoms with Gasteiger partial charge >= 0.3 is 0 Å². The standard InChI is InChI=1S/C17H22N4O/c1-5-14(18)17-19-15-8-10(2)6-7-16(15)21(17)9-13-11(3)20-22-12(13)4/h6-8,14H,5,9,18H2,1-4H3. The Bertz CT molecular complexity index is 796. The first-order chi connectivity index (χ1) is 10.5. The molecule has 1 unspecified atom stereocenters. The summed E-state index contributed by atoms with van der Waals surface area (Å²) >= 11 is 0. The van der Waals surface area contributed by atoms with Crippen LogP contribution < -0.4 is 5.73 Å². The number of hydrogen-bond donors (Lipinski definition) is 1. The summed E-state index contributed by atoms with van der Waals surface area (Å²) in [5, 5.41) is 4.05. The van der Waals surface area contributed by atoms with Crippen molar-refractivity contribution in [2.24, 2.45) is 5.73 Å². The van der Waals surface area contributed by atoms with Crippen LogP contribution in [0.2, 0.25) is 0 Å². The smallest absolute Gasteiger partial charge is 0.138 e. The predicted octanol–water partition coefficient (Wildman–Crippen LogP) is 3.41. The molecule has 0 saturated carbocycles. The molecule has 0 bridgehead atoms. The highest BCUT2D eigenvalue weighted by atomic mass is 16.5. The summed E-state index contributed by atoms with van der Waals surface area (Å²) in [7, 11) is 0. The van der Waals surface area contributed by atoms with Crippen molar-refractivity contribution < 1.29 is 4.52 Å². The van der Waals surface area contributed by atoms with Crippen LogP contribution in [0, 0.1) is 20.8 Å². The van der Waals surface area contributed by atoms with E-state index in [0.29, 0.717) is 6.54 Å². The number of imidazole rings is 1. The molecular weight excluding hydrogens is 276 g/mol. The normalized spacial score (nSPS) is 13.0. The zero-order valence-electron chi connectivity index (χ0n) is 13.6. The van der Waals surface area contributed by atoms with Crippen LogP contribution in [-0.4, -0.2) is 14.7 Å². The summed E-state index contributed by atoms with van der Waals surface area (Å²) < 4.78 is 7.48. The first-order valence-corrected chi connectivity index (χ1v) is 7.65. The van der Waals surface area contributed by atoms with Crippen LogP contribution in [0.3, 0.4) is 0 Å². The fourth-order valence-electron chi connectivity index (χ4n) is 2.78. The molecule has 1 aromatic carbocycles. The zero-order valence-corrected chi connectivity index (χ0v) is 13.6. The van der Waals surface area contributed by atoms with Gasteiger partial charge in [-0.3, -0.25) is 0 Å². The van der Waals surface area contributed by atoms with Crippen LogP contribution in [0.25, 0.3) is 11.0 Å². The van der Waals surface area contributed by atoms with Gasteiger partial charge < -0.3 is 14.8 Å². The van der Waals surface area contributed by atoms with Crippen molar-refractivity contribution in [1.82, 2.24) is 14.7 Å². The van der Waals surface area contributed by atoms with Gasteiger partial charge in [0.25, 0.3) is 0 Å². The number of hydrogen-bond acceptors (Lipinski definition) is 4. The maximum Gasteiger partial charge on any atom is 0.138 e. The highest BCUT2D eigenvalue weighted by Crippen LogP contribution is 2.25. The molecule has 2 heterocycles. The van der Waals surface area contributed by atoms with Crippen LogP contribution in [-0.2, 0) is 6.54 Å². The third kappa shape index (κ3) is 2.41. The van der Waals surface area contributed by atoms with E-state index in [2.05, 4.69) is 41.8 Å². The molecule has 0 aliphatic rings. The Hall–Kier alpha value is -2.14. The maximum atomic E-state index is 6.28. The minimum Gasteiger partial charge on any atom is -0.361 e. The number of aryl methyl sites for hydroxylation is 3. The summed E-state index contributed by atoms with van der Waals surface area (Å²) in [6.45, 7) is 8.75. The van der Waals surface area contributed by atoms with Crippen molar-refractivity contribution in [3.8, 4) is 0 Å². The lowest BCUT2D eigenvalue weighted by Gasteiger charge is -2.13. The summed E-state index contributed by atoms with van der Waals surface area (Å²) in [6.07, 6.45) is 0.851. The van der Waals surface area contributed by atoms with Gasteiger partial charge in [0.15, 0.2) is 0 Å². The van der Waals surface area contributed by atoms with Gasteiger partial charge in [-0.1, -0.05) is 18.1 Å². The van der Waals surface area contributed by atoms with Crippen LogP contribution in [0.5, 0.6) is 0 Å². The van der Waals surface area contributed by atoms with Crippen molar-refractivity contribution in [3.05, 3.63) is 46.6 Å². The number of nitrogens with two attached hydrogens (primary N) is 1. The first kappa shape index (κ1) is 14.8. The molecule has 0 aliphatic heterocycles. The largest absolute Gasteiger partial charge is 0.361 e. The molecule has 0 amide bonds. The lowest BCUT2D eigenvalue weighted by molar-refractivity contribution is 0.392. The third-order valence-electron chi connectivity index (χ3n) is 4.20. The van der Waals surface area contributed by atoms with Gasteiger partial charge in [-0.2, -0.15) is 0 Å². The fourth-order valence-corrected chi connectivity index (χ4v) is 2.78. The van der Waals surface area contributed by atoms with E-state index in [1.54, 1.807) is 0 Å². The van der Waals surface area contributed by atoms with E-state index in [-0.39, 0.29) is 6.04 Å². The maximum absolute atomic E-state index is 6.28. The van der Waals surface area contributed by atoms with E-state index in [9.17, 15) is 0 Å². The Morgan fingerprint density at radius 2 is 2.05 bits per heavy atom. The molecule has 2 N–H and O–H groups in total. The second kappa shape index (κ2) is 5.57. The van der Waals surface area contributed by atoms with Crippen LogP contribution in [0.15, 0.2) is 22.7 Å². The van der Waals surface area contributed by atoms with Crippen molar-refractivity contribution in [2.75, 3.05) is 0 Å². The molecule has 3 aromatic rings. The predicted molar refractivity (Wildman–Crippen MR) is 86.8 cm³/mol. The molecule has 1 atom stereocenters. The molecule has 22 heavy (non-hydrogen) atoms. The van der Waals surface area contributed by atoms with E-state index < -0.39 is 0 Å². The van der Waals surface area contributed by atoms with Gasteiger partial charge in [-0.15, -0.1) is 0 Å². The Morgan fingerprint density at radius 3 is 2.68 bits per heavy atom. The monoisotopic (exact) mass is 298 g/mol. The lowest BCUT2D eigenvalue weighted by Crippen LogP contribution is -2.16. The van der Waals surface area contributed by atoms with Crippen molar-refractivity contribution >= 4 is 11.0 Å². The Balaban J connectivity index is 2.17. The van der Waals surface area contributed by atoms with Crippen LogP contribution in [0.4, 0.5) is 0 Å². The lowest BCUT2D eigenvalue weighted by atomic mass is 10.1. The van der Waals surface area contributed by atoms with Crippen molar-refractivity contribution in [1.29, 1.82) is 0 Å². The van der Waals surface area contributed by atoms with E-state index >= 15 is 0 Å². The van der Waals surface area contributed by atoms with Gasteiger partial charge in [0.1, 0.15) is 11.6 Å². The molecule has 0 saturated heterocycles.